The molecule has 0 bridgehead atoms. The molecule has 1 unspecified atom stereocenters. The minimum atomic E-state index is -0.168. The van der Waals surface area contributed by atoms with Crippen molar-refractivity contribution in [2.75, 3.05) is 4.90 Å². The maximum atomic E-state index is 6.29. The molecule has 6 heteroatoms. The van der Waals surface area contributed by atoms with Crippen LogP contribution in [0.25, 0.3) is 0 Å². The van der Waals surface area contributed by atoms with Gasteiger partial charge < -0.3 is 15.4 Å². The summed E-state index contributed by atoms with van der Waals surface area (Å²) >= 11 is 3.26. The Morgan fingerprint density at radius 3 is 2.50 bits per heavy atom. The average molecular weight is 408 g/mol. The molecule has 0 spiro atoms. The molecule has 0 amide bonds. The summed E-state index contributed by atoms with van der Waals surface area (Å²) in [5.41, 5.74) is 8.35. The highest BCUT2D eigenvalue weighted by Crippen LogP contribution is 2.41. The molecule has 1 aliphatic rings. The largest absolute Gasteiger partial charge is 0.487 e. The normalized spacial score (nSPS) is 16.1. The molecule has 4 nitrogen and oxygen atoms in total. The van der Waals surface area contributed by atoms with Crippen molar-refractivity contribution in [3.8, 4) is 5.75 Å². The second-order valence-electron chi connectivity index (χ2n) is 6.34. The number of pyridine rings is 1. The lowest BCUT2D eigenvalue weighted by Gasteiger charge is -2.26. The molecule has 4 rings (SSSR count). The Balaban J connectivity index is 1.63. The number of thioether (sulfide) groups is 1. The van der Waals surface area contributed by atoms with Gasteiger partial charge in [0.1, 0.15) is 23.7 Å². The molecule has 0 radical (unpaired) electrons. The van der Waals surface area contributed by atoms with Crippen molar-refractivity contribution in [3.63, 3.8) is 0 Å². The fourth-order valence-electron chi connectivity index (χ4n) is 2.88. The van der Waals surface area contributed by atoms with Gasteiger partial charge in [0.15, 0.2) is 0 Å². The van der Waals surface area contributed by atoms with Crippen molar-refractivity contribution in [2.24, 2.45) is 5.73 Å². The standard InChI is InChI=1S/C22H21N3OS2/c1-16-15-27-22(23)25(16)21-20(28-19-10-6-3-7-11-19)12-18(13-24-21)26-14-17-8-4-2-5-9-17/h2-13,15,22H,14,23H2,1H3. The Bertz CT molecular complexity index is 964. The zero-order chi connectivity index (χ0) is 19.3. The number of benzene rings is 2. The number of ether oxygens (including phenoxy) is 1. The molecule has 0 saturated heterocycles. The molecule has 0 aliphatic carbocycles. The number of rotatable bonds is 6. The van der Waals surface area contributed by atoms with E-state index in [0.29, 0.717) is 6.61 Å². The van der Waals surface area contributed by atoms with Crippen molar-refractivity contribution < 1.29 is 4.74 Å². The summed E-state index contributed by atoms with van der Waals surface area (Å²) < 4.78 is 6.00. The van der Waals surface area contributed by atoms with Crippen molar-refractivity contribution in [3.05, 3.63) is 89.6 Å². The van der Waals surface area contributed by atoms with Gasteiger partial charge in [-0.3, -0.25) is 0 Å². The number of hydrogen-bond donors (Lipinski definition) is 1. The highest BCUT2D eigenvalue weighted by atomic mass is 32.2. The minimum absolute atomic E-state index is 0.168. The molecule has 1 aliphatic heterocycles. The molecule has 142 valence electrons. The van der Waals surface area contributed by atoms with E-state index < -0.39 is 0 Å². The highest BCUT2D eigenvalue weighted by molar-refractivity contribution is 8.03. The highest BCUT2D eigenvalue weighted by Gasteiger charge is 2.26. The predicted octanol–water partition coefficient (Wildman–Crippen LogP) is 5.47. The second kappa shape index (κ2) is 8.73. The van der Waals surface area contributed by atoms with E-state index in [-0.39, 0.29) is 5.50 Å². The predicted molar refractivity (Wildman–Crippen MR) is 117 cm³/mol. The van der Waals surface area contributed by atoms with Crippen molar-refractivity contribution in [2.45, 2.75) is 28.8 Å². The minimum Gasteiger partial charge on any atom is -0.487 e. The van der Waals surface area contributed by atoms with Gasteiger partial charge in [0, 0.05) is 10.6 Å². The third-order valence-electron chi connectivity index (χ3n) is 4.27. The Morgan fingerprint density at radius 2 is 1.82 bits per heavy atom. The van der Waals surface area contributed by atoms with E-state index in [9.17, 15) is 0 Å². The summed E-state index contributed by atoms with van der Waals surface area (Å²) in [6, 6.07) is 22.4. The van der Waals surface area contributed by atoms with Crippen LogP contribution in [0.3, 0.4) is 0 Å². The van der Waals surface area contributed by atoms with Crippen LogP contribution in [-0.4, -0.2) is 10.5 Å². The third-order valence-corrected chi connectivity index (χ3v) is 6.26. The van der Waals surface area contributed by atoms with Crippen molar-refractivity contribution >= 4 is 29.3 Å². The van der Waals surface area contributed by atoms with Crippen LogP contribution in [0.4, 0.5) is 5.82 Å². The Kier molecular flexibility index (Phi) is 5.90. The lowest BCUT2D eigenvalue weighted by atomic mass is 10.2. The molecule has 2 aromatic carbocycles. The van der Waals surface area contributed by atoms with Crippen LogP contribution in [-0.2, 0) is 6.61 Å². The summed E-state index contributed by atoms with van der Waals surface area (Å²) in [4.78, 5) is 8.94. The first-order valence-electron chi connectivity index (χ1n) is 8.97. The van der Waals surface area contributed by atoms with Crippen LogP contribution < -0.4 is 15.4 Å². The number of nitrogens with two attached hydrogens (primary N) is 1. The van der Waals surface area contributed by atoms with E-state index >= 15 is 0 Å². The van der Waals surface area contributed by atoms with E-state index in [1.165, 1.54) is 0 Å². The monoisotopic (exact) mass is 407 g/mol. The molecular weight excluding hydrogens is 386 g/mol. The summed E-state index contributed by atoms with van der Waals surface area (Å²) in [5.74, 6) is 1.60. The molecule has 1 aromatic heterocycles. The van der Waals surface area contributed by atoms with Gasteiger partial charge in [-0.05, 0) is 36.1 Å². The Hall–Kier alpha value is -2.41. The zero-order valence-corrected chi connectivity index (χ0v) is 17.1. The van der Waals surface area contributed by atoms with Gasteiger partial charge in [0.2, 0.25) is 0 Å². The SMILES string of the molecule is CC1=CSC(N)N1c1ncc(OCc2ccccc2)cc1Sc1ccccc1. The average Bonchev–Trinajstić information content (AvgIpc) is 3.06. The second-order valence-corrected chi connectivity index (χ2v) is 8.44. The fraction of sp³-hybridized carbons (Fsp3) is 0.136. The Labute approximate surface area is 173 Å². The molecule has 2 N–H and O–H groups in total. The van der Waals surface area contributed by atoms with Crippen LogP contribution in [0.15, 0.2) is 93.8 Å². The lowest BCUT2D eigenvalue weighted by molar-refractivity contribution is 0.304. The first kappa shape index (κ1) is 18.9. The van der Waals surface area contributed by atoms with Gasteiger partial charge in [-0.1, -0.05) is 72.1 Å². The summed E-state index contributed by atoms with van der Waals surface area (Å²) in [6.45, 7) is 2.56. The quantitative estimate of drug-likeness (QED) is 0.585. The van der Waals surface area contributed by atoms with Gasteiger partial charge in [-0.2, -0.15) is 0 Å². The first-order chi connectivity index (χ1) is 13.7. The van der Waals surface area contributed by atoms with Crippen LogP contribution in [0, 0.1) is 0 Å². The summed E-state index contributed by atoms with van der Waals surface area (Å²) in [7, 11) is 0. The van der Waals surface area contributed by atoms with E-state index in [1.54, 1.807) is 29.7 Å². The molecule has 1 atom stereocenters. The van der Waals surface area contributed by atoms with Crippen LogP contribution >= 0.6 is 23.5 Å². The van der Waals surface area contributed by atoms with Crippen LogP contribution in [0.2, 0.25) is 0 Å². The van der Waals surface area contributed by atoms with Crippen molar-refractivity contribution in [1.29, 1.82) is 0 Å². The number of aromatic nitrogens is 1. The van der Waals surface area contributed by atoms with Gasteiger partial charge in [-0.25, -0.2) is 4.98 Å². The molecule has 0 fully saturated rings. The smallest absolute Gasteiger partial charge is 0.149 e. The van der Waals surface area contributed by atoms with Gasteiger partial charge in [0.05, 0.1) is 11.1 Å². The van der Waals surface area contributed by atoms with Gasteiger partial charge in [0.25, 0.3) is 0 Å². The van der Waals surface area contributed by atoms with E-state index in [1.807, 2.05) is 42.5 Å². The fourth-order valence-corrected chi connectivity index (χ4v) is 4.69. The first-order valence-corrected chi connectivity index (χ1v) is 10.7. The number of allylic oxidation sites excluding steroid dienone is 1. The maximum Gasteiger partial charge on any atom is 0.149 e. The van der Waals surface area contributed by atoms with Crippen LogP contribution in [0.5, 0.6) is 5.75 Å². The topological polar surface area (TPSA) is 51.4 Å². The molecule has 3 aromatic rings. The molecule has 2 heterocycles. The van der Waals surface area contributed by atoms with Crippen molar-refractivity contribution in [1.82, 2.24) is 4.98 Å². The Morgan fingerprint density at radius 1 is 1.11 bits per heavy atom. The summed E-state index contributed by atoms with van der Waals surface area (Å²) in [6.07, 6.45) is 1.77. The van der Waals surface area contributed by atoms with Gasteiger partial charge in [-0.15, -0.1) is 0 Å². The number of anilines is 1. The third kappa shape index (κ3) is 4.35. The van der Waals surface area contributed by atoms with Crippen LogP contribution in [0.1, 0.15) is 12.5 Å². The molecule has 0 saturated carbocycles. The van der Waals surface area contributed by atoms with Gasteiger partial charge >= 0.3 is 0 Å². The number of nitrogens with zero attached hydrogens (tertiary/aromatic N) is 2. The summed E-state index contributed by atoms with van der Waals surface area (Å²) in [5, 5.41) is 2.07. The number of hydrogen-bond acceptors (Lipinski definition) is 6. The van der Waals surface area contributed by atoms with E-state index in [2.05, 4.69) is 41.5 Å². The maximum absolute atomic E-state index is 6.29. The lowest BCUT2D eigenvalue weighted by Crippen LogP contribution is -2.35. The molecular formula is C22H21N3OS2. The van der Waals surface area contributed by atoms with E-state index in [4.69, 9.17) is 15.5 Å². The molecule has 28 heavy (non-hydrogen) atoms. The zero-order valence-electron chi connectivity index (χ0n) is 15.5. The van der Waals surface area contributed by atoms with E-state index in [0.717, 1.165) is 32.6 Å².